The number of carbonyl (C=O) groups excluding carboxylic acids is 1. The van der Waals surface area contributed by atoms with Crippen LogP contribution in [-0.4, -0.2) is 42.3 Å². The summed E-state index contributed by atoms with van der Waals surface area (Å²) in [5.74, 6) is 0. The van der Waals surface area contributed by atoms with E-state index in [1.54, 1.807) is 12.1 Å². The van der Waals surface area contributed by atoms with E-state index in [0.29, 0.717) is 12.2 Å². The predicted octanol–water partition coefficient (Wildman–Crippen LogP) is 4.31. The van der Waals surface area contributed by atoms with E-state index in [-0.39, 0.29) is 12.1 Å². The lowest BCUT2D eigenvalue weighted by Crippen LogP contribution is -2.48. The first-order valence-corrected chi connectivity index (χ1v) is 8.52. The highest BCUT2D eigenvalue weighted by molar-refractivity contribution is 5.68. The fraction of sp³-hybridized carbons (Fsp3) is 0.611. The van der Waals surface area contributed by atoms with Gasteiger partial charge in [0.25, 0.3) is 0 Å². The van der Waals surface area contributed by atoms with E-state index >= 15 is 0 Å². The second kappa shape index (κ2) is 7.64. The lowest BCUT2D eigenvalue weighted by molar-refractivity contribution is 0.0149. The fourth-order valence-corrected chi connectivity index (χ4v) is 3.02. The maximum atomic E-state index is 12.4. The minimum Gasteiger partial charge on any atom is -0.444 e. The standard InChI is InChI=1S/C18H27N3O3/c1-5-21(17(22)24-18(2,3)4)16-10-12-20(13-11-16)15-8-6-14(19-23)7-9-15/h6-9,16H,5,10-13H2,1-4H3. The number of hydrogen-bond donors (Lipinski definition) is 0. The van der Waals surface area contributed by atoms with Crippen LogP contribution < -0.4 is 4.90 Å². The van der Waals surface area contributed by atoms with Gasteiger partial charge in [-0.2, -0.15) is 0 Å². The number of benzene rings is 1. The Balaban J connectivity index is 1.94. The first-order chi connectivity index (χ1) is 11.3. The Morgan fingerprint density at radius 2 is 1.83 bits per heavy atom. The van der Waals surface area contributed by atoms with Gasteiger partial charge in [0.15, 0.2) is 0 Å². The van der Waals surface area contributed by atoms with Gasteiger partial charge < -0.3 is 14.5 Å². The number of ether oxygens (including phenoxy) is 1. The molecule has 0 aliphatic carbocycles. The van der Waals surface area contributed by atoms with Crippen LogP contribution >= 0.6 is 0 Å². The number of anilines is 1. The molecule has 6 nitrogen and oxygen atoms in total. The van der Waals surface area contributed by atoms with Crippen molar-refractivity contribution in [3.63, 3.8) is 0 Å². The summed E-state index contributed by atoms with van der Waals surface area (Å²) in [4.78, 5) is 27.0. The van der Waals surface area contributed by atoms with Crippen molar-refractivity contribution in [1.29, 1.82) is 0 Å². The normalized spacial score (nSPS) is 15.9. The van der Waals surface area contributed by atoms with Crippen molar-refractivity contribution in [1.82, 2.24) is 4.90 Å². The molecule has 0 bridgehead atoms. The van der Waals surface area contributed by atoms with Crippen molar-refractivity contribution >= 4 is 17.5 Å². The summed E-state index contributed by atoms with van der Waals surface area (Å²) in [5.41, 5.74) is 1.05. The molecular formula is C18H27N3O3. The molecule has 0 radical (unpaired) electrons. The van der Waals surface area contributed by atoms with Crippen molar-refractivity contribution in [2.75, 3.05) is 24.5 Å². The summed E-state index contributed by atoms with van der Waals surface area (Å²) in [6.07, 6.45) is 1.58. The lowest BCUT2D eigenvalue weighted by Gasteiger charge is -2.39. The first-order valence-electron chi connectivity index (χ1n) is 8.52. The van der Waals surface area contributed by atoms with Crippen molar-refractivity contribution in [2.45, 2.75) is 52.2 Å². The Morgan fingerprint density at radius 3 is 2.29 bits per heavy atom. The summed E-state index contributed by atoms with van der Waals surface area (Å²) >= 11 is 0. The number of piperidine rings is 1. The van der Waals surface area contributed by atoms with Crippen LogP contribution in [0.2, 0.25) is 0 Å². The number of nitrogens with zero attached hydrogens (tertiary/aromatic N) is 3. The van der Waals surface area contributed by atoms with Crippen LogP contribution in [-0.2, 0) is 4.74 Å². The van der Waals surface area contributed by atoms with Crippen LogP contribution in [0.1, 0.15) is 40.5 Å². The summed E-state index contributed by atoms with van der Waals surface area (Å²) in [6.45, 7) is 10.0. The molecular weight excluding hydrogens is 306 g/mol. The molecule has 1 fully saturated rings. The molecule has 1 aliphatic rings. The Hall–Kier alpha value is -2.11. The van der Waals surface area contributed by atoms with E-state index in [1.165, 1.54) is 0 Å². The van der Waals surface area contributed by atoms with Gasteiger partial charge in [0.2, 0.25) is 0 Å². The van der Waals surface area contributed by atoms with E-state index in [9.17, 15) is 9.70 Å². The van der Waals surface area contributed by atoms with Gasteiger partial charge in [0.05, 0.1) is 0 Å². The lowest BCUT2D eigenvalue weighted by atomic mass is 10.0. The first kappa shape index (κ1) is 18.2. The molecule has 1 amide bonds. The number of amides is 1. The molecule has 24 heavy (non-hydrogen) atoms. The highest BCUT2D eigenvalue weighted by atomic mass is 16.6. The zero-order chi connectivity index (χ0) is 17.7. The second-order valence-corrected chi connectivity index (χ2v) is 7.09. The Labute approximate surface area is 143 Å². The van der Waals surface area contributed by atoms with Crippen LogP contribution in [0.3, 0.4) is 0 Å². The highest BCUT2D eigenvalue weighted by Gasteiger charge is 2.30. The van der Waals surface area contributed by atoms with Crippen LogP contribution in [0.5, 0.6) is 0 Å². The molecule has 0 saturated carbocycles. The van der Waals surface area contributed by atoms with Gasteiger partial charge in [0.1, 0.15) is 11.3 Å². The molecule has 0 spiro atoms. The van der Waals surface area contributed by atoms with Crippen molar-refractivity contribution in [3.05, 3.63) is 29.2 Å². The smallest absolute Gasteiger partial charge is 0.410 e. The molecule has 0 aromatic heterocycles. The minimum absolute atomic E-state index is 0.206. The SMILES string of the molecule is CCN(C(=O)OC(C)(C)C)C1CCN(c2ccc(N=O)cc2)CC1. The summed E-state index contributed by atoms with van der Waals surface area (Å²) in [6, 6.07) is 7.50. The maximum absolute atomic E-state index is 12.4. The molecule has 0 atom stereocenters. The molecule has 1 aliphatic heterocycles. The Bertz CT molecular complexity index is 558. The van der Waals surface area contributed by atoms with Gasteiger partial charge in [-0.25, -0.2) is 4.79 Å². The average Bonchev–Trinajstić information content (AvgIpc) is 2.55. The van der Waals surface area contributed by atoms with Crippen LogP contribution in [0, 0.1) is 4.91 Å². The quantitative estimate of drug-likeness (QED) is 0.770. The molecule has 6 heteroatoms. The molecule has 132 valence electrons. The van der Waals surface area contributed by atoms with Gasteiger partial charge in [0, 0.05) is 31.4 Å². The number of nitroso groups, excluding NO2 is 1. The third-order valence-corrected chi connectivity index (χ3v) is 4.19. The minimum atomic E-state index is -0.473. The van der Waals surface area contributed by atoms with Crippen molar-refractivity contribution in [3.8, 4) is 0 Å². The average molecular weight is 333 g/mol. The van der Waals surface area contributed by atoms with E-state index in [4.69, 9.17) is 4.74 Å². The number of carbonyl (C=O) groups is 1. The monoisotopic (exact) mass is 333 g/mol. The molecule has 1 heterocycles. The van der Waals surface area contributed by atoms with Gasteiger partial charge >= 0.3 is 6.09 Å². The van der Waals surface area contributed by atoms with Crippen molar-refractivity contribution < 1.29 is 9.53 Å². The molecule has 1 aromatic rings. The van der Waals surface area contributed by atoms with E-state index in [1.807, 2.05) is 44.7 Å². The van der Waals surface area contributed by atoms with E-state index < -0.39 is 5.60 Å². The van der Waals surface area contributed by atoms with Gasteiger partial charge in [-0.15, -0.1) is 4.91 Å². The molecule has 1 saturated heterocycles. The summed E-state index contributed by atoms with van der Waals surface area (Å²) < 4.78 is 5.51. The van der Waals surface area contributed by atoms with E-state index in [0.717, 1.165) is 31.6 Å². The molecule has 0 N–H and O–H groups in total. The van der Waals surface area contributed by atoms with Crippen LogP contribution in [0.4, 0.5) is 16.2 Å². The van der Waals surface area contributed by atoms with Crippen molar-refractivity contribution in [2.24, 2.45) is 5.18 Å². The van der Waals surface area contributed by atoms with Crippen LogP contribution in [0.25, 0.3) is 0 Å². The maximum Gasteiger partial charge on any atom is 0.410 e. The number of rotatable bonds is 4. The fourth-order valence-electron chi connectivity index (χ4n) is 3.02. The van der Waals surface area contributed by atoms with Gasteiger partial charge in [-0.1, -0.05) is 0 Å². The third-order valence-electron chi connectivity index (χ3n) is 4.19. The van der Waals surface area contributed by atoms with Gasteiger partial charge in [-0.05, 0) is 70.0 Å². The molecule has 2 rings (SSSR count). The predicted molar refractivity (Wildman–Crippen MR) is 95.7 cm³/mol. The summed E-state index contributed by atoms with van der Waals surface area (Å²) in [7, 11) is 0. The Morgan fingerprint density at radius 1 is 1.25 bits per heavy atom. The number of hydrogen-bond acceptors (Lipinski definition) is 5. The zero-order valence-electron chi connectivity index (χ0n) is 15.0. The van der Waals surface area contributed by atoms with E-state index in [2.05, 4.69) is 10.1 Å². The largest absolute Gasteiger partial charge is 0.444 e. The molecule has 0 unspecified atom stereocenters. The summed E-state index contributed by atoms with van der Waals surface area (Å²) in [5, 5.41) is 2.93. The van der Waals surface area contributed by atoms with Gasteiger partial charge in [-0.3, -0.25) is 0 Å². The Kier molecular flexibility index (Phi) is 5.80. The third kappa shape index (κ3) is 4.69. The topological polar surface area (TPSA) is 62.2 Å². The van der Waals surface area contributed by atoms with Crippen LogP contribution in [0.15, 0.2) is 29.4 Å². The molecule has 1 aromatic carbocycles. The zero-order valence-corrected chi connectivity index (χ0v) is 15.0. The second-order valence-electron chi connectivity index (χ2n) is 7.09. The highest BCUT2D eigenvalue weighted by Crippen LogP contribution is 2.25.